The molecule has 0 heterocycles. The number of carboxylic acid groups (broad SMARTS) is 2. The van der Waals surface area contributed by atoms with E-state index in [1.165, 1.54) is 18.2 Å². The summed E-state index contributed by atoms with van der Waals surface area (Å²) in [7, 11) is 0. The van der Waals surface area contributed by atoms with Gasteiger partial charge in [-0.25, -0.2) is 0 Å². The van der Waals surface area contributed by atoms with E-state index in [9.17, 15) is 24.6 Å². The van der Waals surface area contributed by atoms with Gasteiger partial charge in [0.2, 0.25) is 5.78 Å². The molecule has 0 aromatic heterocycles. The van der Waals surface area contributed by atoms with Crippen molar-refractivity contribution in [3.63, 3.8) is 0 Å². The average molecular weight is 218 g/mol. The molecule has 0 bridgehead atoms. The lowest BCUT2D eigenvalue weighted by Crippen LogP contribution is -2.30. The van der Waals surface area contributed by atoms with Crippen molar-refractivity contribution in [2.75, 3.05) is 0 Å². The lowest BCUT2D eigenvalue weighted by Gasteiger charge is -2.05. The molecule has 1 aromatic rings. The molecule has 0 N–H and O–H groups in total. The zero-order valence-corrected chi connectivity index (χ0v) is 8.01. The van der Waals surface area contributed by atoms with Crippen molar-refractivity contribution in [3.8, 4) is 0 Å². The highest BCUT2D eigenvalue weighted by molar-refractivity contribution is 6.37. The van der Waals surface area contributed by atoms with Crippen molar-refractivity contribution in [3.05, 3.63) is 41.5 Å². The van der Waals surface area contributed by atoms with Gasteiger partial charge in [0.25, 0.3) is 0 Å². The molecule has 5 nitrogen and oxygen atoms in total. The van der Waals surface area contributed by atoms with Crippen molar-refractivity contribution >= 4 is 23.8 Å². The predicted molar refractivity (Wildman–Crippen MR) is 49.8 cm³/mol. The van der Waals surface area contributed by atoms with Gasteiger partial charge in [0, 0.05) is 5.56 Å². The fourth-order valence-electron chi connectivity index (χ4n) is 1.06. The first-order valence-electron chi connectivity index (χ1n) is 4.26. The summed E-state index contributed by atoms with van der Waals surface area (Å²) in [5, 5.41) is 20.7. The second kappa shape index (κ2) is 4.88. The maximum absolute atomic E-state index is 10.7. The molecule has 0 amide bonds. The summed E-state index contributed by atoms with van der Waals surface area (Å²) in [4.78, 5) is 31.4. The van der Waals surface area contributed by atoms with Crippen LogP contribution in [0.4, 0.5) is 0 Å². The molecule has 0 aliphatic heterocycles. The van der Waals surface area contributed by atoms with E-state index in [-0.39, 0.29) is 11.1 Å². The van der Waals surface area contributed by atoms with E-state index in [2.05, 4.69) is 0 Å². The molecule has 16 heavy (non-hydrogen) atoms. The highest BCUT2D eigenvalue weighted by atomic mass is 16.4. The number of hydrogen-bond acceptors (Lipinski definition) is 5. The van der Waals surface area contributed by atoms with Gasteiger partial charge in [-0.05, 0) is 11.6 Å². The molecule has 0 radical (unpaired) electrons. The number of aliphatic carboxylic acids is 1. The van der Waals surface area contributed by atoms with Gasteiger partial charge in [-0.3, -0.25) is 4.79 Å². The van der Waals surface area contributed by atoms with Crippen LogP contribution in [0.25, 0.3) is 6.08 Å². The summed E-state index contributed by atoms with van der Waals surface area (Å²) in [6.45, 7) is 0. The van der Waals surface area contributed by atoms with Gasteiger partial charge in [0.05, 0.1) is 5.97 Å². The Bertz CT molecular complexity index is 473. The molecule has 0 unspecified atom stereocenters. The standard InChI is InChI=1S/C11H8O5/c12-9(11(15)16)6-5-7-3-1-2-4-8(7)10(13)14/h1-6H,(H,13,14)(H,15,16)/p-2/b6-5+. The number of rotatable bonds is 4. The van der Waals surface area contributed by atoms with Crippen molar-refractivity contribution in [1.82, 2.24) is 0 Å². The van der Waals surface area contributed by atoms with Gasteiger partial charge in [0.1, 0.15) is 5.97 Å². The first kappa shape index (κ1) is 11.6. The minimum absolute atomic E-state index is 0.120. The summed E-state index contributed by atoms with van der Waals surface area (Å²) in [5.74, 6) is -4.48. The summed E-state index contributed by atoms with van der Waals surface area (Å²) in [6.07, 6.45) is 1.82. The Morgan fingerprint density at radius 1 is 1.06 bits per heavy atom. The highest BCUT2D eigenvalue weighted by Gasteiger charge is 2.00. The predicted octanol–water partition coefficient (Wildman–Crippen LogP) is -1.62. The van der Waals surface area contributed by atoms with Crippen LogP contribution in [-0.2, 0) is 9.59 Å². The fraction of sp³-hybridized carbons (Fsp3) is 0. The molecule has 82 valence electrons. The minimum Gasteiger partial charge on any atom is -0.545 e. The Balaban J connectivity index is 3.02. The number of carboxylic acids is 2. The van der Waals surface area contributed by atoms with E-state index in [0.29, 0.717) is 0 Å². The average Bonchev–Trinajstić information content (AvgIpc) is 2.25. The Morgan fingerprint density at radius 2 is 1.69 bits per heavy atom. The van der Waals surface area contributed by atoms with E-state index in [1.807, 2.05) is 0 Å². The Kier molecular flexibility index (Phi) is 3.55. The Labute approximate surface area is 90.6 Å². The molecular formula is C11H6O5-2. The number of benzene rings is 1. The molecule has 1 rings (SSSR count). The first-order chi connectivity index (χ1) is 7.52. The van der Waals surface area contributed by atoms with Crippen LogP contribution in [0.1, 0.15) is 15.9 Å². The SMILES string of the molecule is O=C([O-])C(=O)/C=C/c1ccccc1C(=O)[O-]. The van der Waals surface area contributed by atoms with Gasteiger partial charge in [-0.1, -0.05) is 30.3 Å². The van der Waals surface area contributed by atoms with E-state index < -0.39 is 17.7 Å². The normalized spacial score (nSPS) is 10.2. The number of aromatic carboxylic acids is 1. The summed E-state index contributed by atoms with van der Waals surface area (Å²) < 4.78 is 0. The quantitative estimate of drug-likeness (QED) is 0.447. The van der Waals surface area contributed by atoms with Crippen LogP contribution in [0.3, 0.4) is 0 Å². The van der Waals surface area contributed by atoms with Gasteiger partial charge in [-0.2, -0.15) is 0 Å². The number of hydrogen-bond donors (Lipinski definition) is 0. The topological polar surface area (TPSA) is 97.3 Å². The Hall–Kier alpha value is -2.43. The van der Waals surface area contributed by atoms with E-state index >= 15 is 0 Å². The molecular weight excluding hydrogens is 212 g/mol. The molecule has 0 aliphatic rings. The molecule has 0 saturated carbocycles. The van der Waals surface area contributed by atoms with Crippen LogP contribution in [0.5, 0.6) is 0 Å². The van der Waals surface area contributed by atoms with Crippen LogP contribution in [0.15, 0.2) is 30.3 Å². The molecule has 1 aromatic carbocycles. The number of ketones is 1. The third-order valence-electron chi connectivity index (χ3n) is 1.80. The van der Waals surface area contributed by atoms with E-state index in [4.69, 9.17) is 0 Å². The third kappa shape index (κ3) is 2.78. The lowest BCUT2D eigenvalue weighted by molar-refractivity contribution is -0.299. The molecule has 0 spiro atoms. The second-order valence-corrected chi connectivity index (χ2v) is 2.86. The molecule has 0 aliphatic carbocycles. The van der Waals surface area contributed by atoms with Crippen LogP contribution in [-0.4, -0.2) is 17.7 Å². The zero-order valence-electron chi connectivity index (χ0n) is 8.01. The number of carbonyl (C=O) groups is 3. The monoisotopic (exact) mass is 218 g/mol. The van der Waals surface area contributed by atoms with Gasteiger partial charge in [-0.15, -0.1) is 0 Å². The molecule has 0 atom stereocenters. The van der Waals surface area contributed by atoms with Crippen molar-refractivity contribution in [1.29, 1.82) is 0 Å². The fourth-order valence-corrected chi connectivity index (χ4v) is 1.06. The summed E-state index contributed by atoms with van der Waals surface area (Å²) in [5.41, 5.74) is 0.0713. The largest absolute Gasteiger partial charge is 0.545 e. The van der Waals surface area contributed by atoms with E-state index in [1.54, 1.807) is 6.07 Å². The molecule has 0 saturated heterocycles. The van der Waals surface area contributed by atoms with E-state index in [0.717, 1.165) is 12.2 Å². The van der Waals surface area contributed by atoms with Crippen LogP contribution < -0.4 is 10.2 Å². The van der Waals surface area contributed by atoms with Crippen LogP contribution >= 0.6 is 0 Å². The number of carbonyl (C=O) groups excluding carboxylic acids is 3. The smallest absolute Gasteiger partial charge is 0.201 e. The van der Waals surface area contributed by atoms with Gasteiger partial charge < -0.3 is 19.8 Å². The summed E-state index contributed by atoms with van der Waals surface area (Å²) >= 11 is 0. The minimum atomic E-state index is -1.85. The third-order valence-corrected chi connectivity index (χ3v) is 1.80. The van der Waals surface area contributed by atoms with Gasteiger partial charge in [0.15, 0.2) is 0 Å². The van der Waals surface area contributed by atoms with Crippen LogP contribution in [0, 0.1) is 0 Å². The molecule has 0 fully saturated rings. The maximum Gasteiger partial charge on any atom is 0.201 e. The lowest BCUT2D eigenvalue weighted by atomic mass is 10.1. The molecule has 5 heteroatoms. The highest BCUT2D eigenvalue weighted by Crippen LogP contribution is 2.09. The Morgan fingerprint density at radius 3 is 2.25 bits per heavy atom. The summed E-state index contributed by atoms with van der Waals surface area (Å²) in [6, 6.07) is 5.75. The van der Waals surface area contributed by atoms with Crippen LogP contribution in [0.2, 0.25) is 0 Å². The zero-order chi connectivity index (χ0) is 12.1. The first-order valence-corrected chi connectivity index (χ1v) is 4.26. The van der Waals surface area contributed by atoms with Crippen molar-refractivity contribution < 1.29 is 24.6 Å². The van der Waals surface area contributed by atoms with Crippen molar-refractivity contribution in [2.24, 2.45) is 0 Å². The second-order valence-electron chi connectivity index (χ2n) is 2.86. The van der Waals surface area contributed by atoms with Gasteiger partial charge >= 0.3 is 0 Å². The maximum atomic E-state index is 10.7. The van der Waals surface area contributed by atoms with Crippen molar-refractivity contribution in [2.45, 2.75) is 0 Å².